The Morgan fingerprint density at radius 1 is 0.971 bits per heavy atom. The molecule has 190 valence electrons. The molecule has 9 heteroatoms. The monoisotopic (exact) mass is 507 g/mol. The minimum absolute atomic E-state index is 0.0469. The number of hydrogen-bond acceptors (Lipinski definition) is 5. The van der Waals surface area contributed by atoms with Crippen LogP contribution in [0.2, 0.25) is 0 Å². The third kappa shape index (κ3) is 7.80. The number of ether oxygens (including phenoxy) is 1. The van der Waals surface area contributed by atoms with Gasteiger partial charge in [-0.2, -0.15) is 13.2 Å². The first-order valence-electron chi connectivity index (χ1n) is 12.1. The van der Waals surface area contributed by atoms with Crippen LogP contribution in [0.5, 0.6) is 0 Å². The Balaban J connectivity index is 1.13. The number of anilines is 2. The summed E-state index contributed by atoms with van der Waals surface area (Å²) in [5.41, 5.74) is -1.02. The smallest absolute Gasteiger partial charge is 0.382 e. The molecule has 2 fully saturated rings. The van der Waals surface area contributed by atoms with Gasteiger partial charge in [0.2, 0.25) is 5.91 Å². The van der Waals surface area contributed by atoms with E-state index in [0.717, 1.165) is 44.5 Å². The highest BCUT2D eigenvalue weighted by Gasteiger charge is 2.29. The average Bonchev–Trinajstić information content (AvgIpc) is 2.84. The van der Waals surface area contributed by atoms with Crippen molar-refractivity contribution in [3.63, 3.8) is 0 Å². The Morgan fingerprint density at radius 2 is 1.60 bits per heavy atom. The molecule has 1 heterocycles. The third-order valence-corrected chi connectivity index (χ3v) is 7.35. The van der Waals surface area contributed by atoms with Crippen LogP contribution in [0.1, 0.15) is 31.2 Å². The molecule has 0 bridgehead atoms. The van der Waals surface area contributed by atoms with E-state index in [2.05, 4.69) is 41.4 Å². The molecule has 2 aromatic carbocycles. The minimum atomic E-state index is -4.27. The van der Waals surface area contributed by atoms with E-state index < -0.39 is 5.51 Å². The number of nitrogens with zero attached hydrogens (tertiary/aromatic N) is 2. The Kier molecular flexibility index (Phi) is 8.49. The van der Waals surface area contributed by atoms with E-state index in [-0.39, 0.29) is 41.3 Å². The van der Waals surface area contributed by atoms with E-state index >= 15 is 0 Å². The van der Waals surface area contributed by atoms with E-state index in [1.807, 2.05) is 4.90 Å². The van der Waals surface area contributed by atoms with Crippen LogP contribution in [0, 0.1) is 6.92 Å². The first kappa shape index (κ1) is 25.7. The zero-order valence-corrected chi connectivity index (χ0v) is 20.7. The van der Waals surface area contributed by atoms with Crippen LogP contribution in [0.4, 0.5) is 24.5 Å². The molecule has 2 aromatic rings. The van der Waals surface area contributed by atoms with Gasteiger partial charge in [-0.25, -0.2) is 0 Å². The number of thioether (sulfide) groups is 1. The molecule has 1 saturated carbocycles. The lowest BCUT2D eigenvalue weighted by Gasteiger charge is -2.36. The number of carbonyl (C=O) groups excluding carboxylic acids is 1. The summed E-state index contributed by atoms with van der Waals surface area (Å²) in [5, 5.41) is 3.40. The van der Waals surface area contributed by atoms with Gasteiger partial charge >= 0.3 is 5.51 Å². The van der Waals surface area contributed by atoms with Gasteiger partial charge in [0.05, 0.1) is 6.10 Å². The van der Waals surface area contributed by atoms with Crippen LogP contribution in [-0.4, -0.2) is 61.2 Å². The summed E-state index contributed by atoms with van der Waals surface area (Å²) in [7, 11) is 0. The molecule has 1 amide bonds. The summed E-state index contributed by atoms with van der Waals surface area (Å²) >= 11 is -0.104. The van der Waals surface area contributed by atoms with Gasteiger partial charge in [0.25, 0.3) is 0 Å². The zero-order valence-electron chi connectivity index (χ0n) is 19.9. The summed E-state index contributed by atoms with van der Waals surface area (Å²) in [6.45, 7) is 5.24. The molecule has 0 atom stereocenters. The van der Waals surface area contributed by atoms with E-state index in [0.29, 0.717) is 13.1 Å². The normalized spacial score (nSPS) is 21.1. The highest BCUT2D eigenvalue weighted by molar-refractivity contribution is 8.00. The van der Waals surface area contributed by atoms with Gasteiger partial charge in [0, 0.05) is 48.5 Å². The SMILES string of the molecule is Cc1ccc(N2CCN(C(=O)COC3CCC(Nc4ccc(SC(F)(F)F)cc4)CC3)CC2)cc1. The fraction of sp³-hybridized carbons (Fsp3) is 0.500. The quantitative estimate of drug-likeness (QED) is 0.488. The molecule has 4 rings (SSSR count). The van der Waals surface area contributed by atoms with Crippen molar-refractivity contribution in [2.24, 2.45) is 0 Å². The van der Waals surface area contributed by atoms with E-state index in [1.165, 1.54) is 23.4 Å². The second kappa shape index (κ2) is 11.6. The fourth-order valence-electron chi connectivity index (χ4n) is 4.61. The van der Waals surface area contributed by atoms with Crippen LogP contribution in [0.25, 0.3) is 0 Å². The number of alkyl halides is 3. The number of piperazine rings is 1. The van der Waals surface area contributed by atoms with Gasteiger partial charge in [0.15, 0.2) is 0 Å². The summed E-state index contributed by atoms with van der Waals surface area (Å²) in [6.07, 6.45) is 3.57. The first-order valence-corrected chi connectivity index (χ1v) is 12.9. The van der Waals surface area contributed by atoms with Gasteiger partial charge in [-0.05, 0) is 80.8 Å². The lowest BCUT2D eigenvalue weighted by Crippen LogP contribution is -2.50. The maximum atomic E-state index is 12.6. The molecular weight excluding hydrogens is 475 g/mol. The van der Waals surface area contributed by atoms with Crippen LogP contribution in [-0.2, 0) is 9.53 Å². The molecular formula is C26H32F3N3O2S. The molecule has 1 aliphatic heterocycles. The van der Waals surface area contributed by atoms with Crippen molar-refractivity contribution in [2.45, 2.75) is 55.2 Å². The molecule has 0 radical (unpaired) electrons. The molecule has 1 aliphatic carbocycles. The number of rotatable bonds is 7. The maximum Gasteiger partial charge on any atom is 0.446 e. The Hall–Kier alpha value is -2.39. The van der Waals surface area contributed by atoms with E-state index in [4.69, 9.17) is 4.74 Å². The minimum Gasteiger partial charge on any atom is -0.382 e. The molecule has 5 nitrogen and oxygen atoms in total. The molecule has 0 spiro atoms. The topological polar surface area (TPSA) is 44.8 Å². The largest absolute Gasteiger partial charge is 0.446 e. The highest BCUT2D eigenvalue weighted by atomic mass is 32.2. The van der Waals surface area contributed by atoms with Crippen molar-refractivity contribution in [1.82, 2.24) is 4.90 Å². The van der Waals surface area contributed by atoms with Crippen molar-refractivity contribution in [3.8, 4) is 0 Å². The highest BCUT2D eigenvalue weighted by Crippen LogP contribution is 2.37. The lowest BCUT2D eigenvalue weighted by molar-refractivity contribution is -0.139. The van der Waals surface area contributed by atoms with Crippen LogP contribution >= 0.6 is 11.8 Å². The number of benzene rings is 2. The first-order chi connectivity index (χ1) is 16.7. The van der Waals surface area contributed by atoms with Crippen molar-refractivity contribution >= 4 is 29.0 Å². The van der Waals surface area contributed by atoms with Crippen LogP contribution < -0.4 is 10.2 Å². The number of aryl methyl sites for hydroxylation is 1. The Morgan fingerprint density at radius 3 is 2.20 bits per heavy atom. The number of amides is 1. The third-order valence-electron chi connectivity index (χ3n) is 6.61. The van der Waals surface area contributed by atoms with Gasteiger partial charge in [-0.3, -0.25) is 4.79 Å². The number of nitrogens with one attached hydrogen (secondary N) is 1. The second-order valence-electron chi connectivity index (χ2n) is 9.20. The number of hydrogen-bond donors (Lipinski definition) is 1. The summed E-state index contributed by atoms with van der Waals surface area (Å²) in [5.74, 6) is 0.0469. The predicted molar refractivity (Wildman–Crippen MR) is 134 cm³/mol. The summed E-state index contributed by atoms with van der Waals surface area (Å²) in [4.78, 5) is 17.0. The van der Waals surface area contributed by atoms with Crippen molar-refractivity contribution in [2.75, 3.05) is 43.0 Å². The average molecular weight is 508 g/mol. The van der Waals surface area contributed by atoms with Crippen LogP contribution in [0.3, 0.4) is 0 Å². The van der Waals surface area contributed by atoms with E-state index in [9.17, 15) is 18.0 Å². The molecule has 2 aliphatic rings. The molecule has 35 heavy (non-hydrogen) atoms. The number of halogens is 3. The lowest BCUT2D eigenvalue weighted by atomic mass is 9.93. The molecule has 1 saturated heterocycles. The fourth-order valence-corrected chi connectivity index (χ4v) is 5.15. The molecule has 0 aromatic heterocycles. The Labute approximate surface area is 209 Å². The maximum absolute atomic E-state index is 12.6. The second-order valence-corrected chi connectivity index (χ2v) is 10.3. The Bertz CT molecular complexity index is 953. The van der Waals surface area contributed by atoms with Gasteiger partial charge in [-0.1, -0.05) is 17.7 Å². The van der Waals surface area contributed by atoms with Crippen molar-refractivity contribution in [3.05, 3.63) is 54.1 Å². The summed E-state index contributed by atoms with van der Waals surface area (Å²) < 4.78 is 43.4. The molecule has 0 unspecified atom stereocenters. The standard InChI is InChI=1S/C26H32F3N3O2S/c1-19-2-8-22(9-3-19)31-14-16-32(17-15-31)25(33)18-34-23-10-4-20(5-11-23)30-21-6-12-24(13-7-21)35-26(27,28)29/h2-3,6-9,12-13,20,23,30H,4-5,10-11,14-18H2,1H3. The summed E-state index contributed by atoms with van der Waals surface area (Å²) in [6, 6.07) is 15.1. The van der Waals surface area contributed by atoms with Gasteiger partial charge in [0.1, 0.15) is 6.61 Å². The van der Waals surface area contributed by atoms with Gasteiger partial charge in [-0.15, -0.1) is 0 Å². The predicted octanol–water partition coefficient (Wildman–Crippen LogP) is 5.70. The zero-order chi connectivity index (χ0) is 24.8. The van der Waals surface area contributed by atoms with Gasteiger partial charge < -0.3 is 19.9 Å². The van der Waals surface area contributed by atoms with Crippen molar-refractivity contribution in [1.29, 1.82) is 0 Å². The van der Waals surface area contributed by atoms with Crippen LogP contribution in [0.15, 0.2) is 53.4 Å². The van der Waals surface area contributed by atoms with Crippen molar-refractivity contribution < 1.29 is 22.7 Å². The van der Waals surface area contributed by atoms with E-state index in [1.54, 1.807) is 12.1 Å². The number of carbonyl (C=O) groups is 1. The molecule has 1 N–H and O–H groups in total.